The fourth-order valence-corrected chi connectivity index (χ4v) is 3.58. The van der Waals surface area contributed by atoms with E-state index in [1.165, 1.54) is 0 Å². The number of benzene rings is 3. The third kappa shape index (κ3) is 4.63. The maximum absolute atomic E-state index is 12.9. The number of rotatable bonds is 6. The molecule has 0 spiro atoms. The molecule has 0 aliphatic carbocycles. The normalized spacial score (nSPS) is 14.3. The number of carbonyl (C=O) groups is 2. The Morgan fingerprint density at radius 3 is 2.33 bits per heavy atom. The smallest absolute Gasteiger partial charge is 0.414 e. The van der Waals surface area contributed by atoms with Crippen LogP contribution >= 0.6 is 11.6 Å². The number of halogens is 1. The summed E-state index contributed by atoms with van der Waals surface area (Å²) in [6, 6.07) is 24.3. The molecule has 1 saturated heterocycles. The Labute approximate surface area is 180 Å². The molecular weight excluding hydrogens is 400 g/mol. The van der Waals surface area contributed by atoms with Gasteiger partial charge in [0.05, 0.1) is 12.6 Å². The number of nitrogens with one attached hydrogen (secondary N) is 1. The van der Waals surface area contributed by atoms with Crippen LogP contribution in [0.3, 0.4) is 0 Å². The molecule has 0 bridgehead atoms. The van der Waals surface area contributed by atoms with Crippen molar-refractivity contribution in [1.29, 1.82) is 0 Å². The molecule has 152 valence electrons. The summed E-state index contributed by atoms with van der Waals surface area (Å²) in [6.45, 7) is 0.895. The van der Waals surface area contributed by atoms with Gasteiger partial charge in [-0.3, -0.25) is 9.69 Å². The summed E-state index contributed by atoms with van der Waals surface area (Å²) in [5, 5.41) is 3.81. The molecule has 1 atom stereocenters. The van der Waals surface area contributed by atoms with Crippen LogP contribution in [0.25, 0.3) is 0 Å². The first-order valence-electron chi connectivity index (χ1n) is 9.75. The maximum Gasteiger partial charge on any atom is 0.414 e. The lowest BCUT2D eigenvalue weighted by molar-refractivity contribution is 0.0936. The van der Waals surface area contributed by atoms with E-state index in [1.54, 1.807) is 29.2 Å². The Balaban J connectivity index is 1.51. The van der Waals surface area contributed by atoms with E-state index in [0.29, 0.717) is 30.2 Å². The number of amides is 2. The van der Waals surface area contributed by atoms with Crippen molar-refractivity contribution in [1.82, 2.24) is 5.32 Å². The first-order valence-corrected chi connectivity index (χ1v) is 10.1. The van der Waals surface area contributed by atoms with Gasteiger partial charge in [-0.2, -0.15) is 0 Å². The van der Waals surface area contributed by atoms with E-state index in [0.717, 1.165) is 16.8 Å². The lowest BCUT2D eigenvalue weighted by Gasteiger charge is -2.20. The van der Waals surface area contributed by atoms with E-state index < -0.39 is 0 Å². The Hall–Kier alpha value is -3.31. The van der Waals surface area contributed by atoms with Crippen LogP contribution in [0.15, 0.2) is 78.9 Å². The van der Waals surface area contributed by atoms with E-state index in [2.05, 4.69) is 5.32 Å². The summed E-state index contributed by atoms with van der Waals surface area (Å²) in [4.78, 5) is 26.2. The van der Waals surface area contributed by atoms with Crippen LogP contribution in [0.1, 0.15) is 27.5 Å². The largest absolute Gasteiger partial charge is 0.447 e. The zero-order chi connectivity index (χ0) is 20.9. The molecule has 1 heterocycles. The monoisotopic (exact) mass is 420 g/mol. The van der Waals surface area contributed by atoms with Crippen molar-refractivity contribution in [2.45, 2.75) is 12.5 Å². The van der Waals surface area contributed by atoms with E-state index in [4.69, 9.17) is 16.3 Å². The highest BCUT2D eigenvalue weighted by atomic mass is 35.5. The predicted molar refractivity (Wildman–Crippen MR) is 117 cm³/mol. The quantitative estimate of drug-likeness (QED) is 0.609. The molecule has 6 heteroatoms. The van der Waals surface area contributed by atoms with Crippen LogP contribution in [0.5, 0.6) is 0 Å². The average Bonchev–Trinajstić information content (AvgIpc) is 3.21. The van der Waals surface area contributed by atoms with Gasteiger partial charge in [-0.25, -0.2) is 4.79 Å². The van der Waals surface area contributed by atoms with Gasteiger partial charge in [0.1, 0.15) is 6.61 Å². The summed E-state index contributed by atoms with van der Waals surface area (Å²) >= 11 is 6.00. The fraction of sp³-hybridized carbons (Fsp3) is 0.167. The Bertz CT molecular complexity index is 1020. The number of ether oxygens (including phenoxy) is 1. The lowest BCUT2D eigenvalue weighted by atomic mass is 9.98. The van der Waals surface area contributed by atoms with Crippen LogP contribution in [-0.4, -0.2) is 25.2 Å². The van der Waals surface area contributed by atoms with Crippen LogP contribution < -0.4 is 10.2 Å². The highest BCUT2D eigenvalue weighted by molar-refractivity contribution is 6.30. The molecule has 0 radical (unpaired) electrons. The minimum Gasteiger partial charge on any atom is -0.447 e. The molecule has 1 fully saturated rings. The van der Waals surface area contributed by atoms with Gasteiger partial charge in [0.2, 0.25) is 0 Å². The predicted octanol–water partition coefficient (Wildman–Crippen LogP) is 5.01. The van der Waals surface area contributed by atoms with Crippen LogP contribution in [-0.2, 0) is 11.2 Å². The number of cyclic esters (lactones) is 1. The first-order chi connectivity index (χ1) is 14.6. The third-order valence-electron chi connectivity index (χ3n) is 5.06. The lowest BCUT2D eigenvalue weighted by Crippen LogP contribution is -2.30. The van der Waals surface area contributed by atoms with Crippen molar-refractivity contribution in [3.8, 4) is 0 Å². The molecule has 30 heavy (non-hydrogen) atoms. The topological polar surface area (TPSA) is 58.6 Å². The third-order valence-corrected chi connectivity index (χ3v) is 5.31. The van der Waals surface area contributed by atoms with Gasteiger partial charge in [-0.05, 0) is 53.9 Å². The van der Waals surface area contributed by atoms with Gasteiger partial charge < -0.3 is 10.1 Å². The molecule has 1 N–H and O–H groups in total. The SMILES string of the molecule is O=C(NC(Cc1ccc(Cl)cc1)c1ccccc1)c1ccc(N2CCOC2=O)cc1. The summed E-state index contributed by atoms with van der Waals surface area (Å²) in [7, 11) is 0. The minimum absolute atomic E-state index is 0.173. The molecular formula is C24H21ClN2O3. The second-order valence-corrected chi connectivity index (χ2v) is 7.52. The van der Waals surface area contributed by atoms with E-state index in [-0.39, 0.29) is 18.0 Å². The molecule has 1 unspecified atom stereocenters. The van der Waals surface area contributed by atoms with Crippen molar-refractivity contribution >= 4 is 29.3 Å². The van der Waals surface area contributed by atoms with Crippen LogP contribution in [0.2, 0.25) is 5.02 Å². The molecule has 1 aliphatic rings. The fourth-order valence-electron chi connectivity index (χ4n) is 3.46. The molecule has 3 aromatic rings. The number of anilines is 1. The van der Waals surface area contributed by atoms with Crippen molar-refractivity contribution in [3.63, 3.8) is 0 Å². The standard InChI is InChI=1S/C24H21ClN2O3/c25-20-10-6-17(7-11-20)16-22(18-4-2-1-3-5-18)26-23(28)19-8-12-21(13-9-19)27-14-15-30-24(27)29/h1-13,22H,14-16H2,(H,26,28). The van der Waals surface area contributed by atoms with Gasteiger partial charge >= 0.3 is 6.09 Å². The number of carbonyl (C=O) groups excluding carboxylic acids is 2. The van der Waals surface area contributed by atoms with Gasteiger partial charge in [0, 0.05) is 16.3 Å². The average molecular weight is 421 g/mol. The maximum atomic E-state index is 12.9. The van der Waals surface area contributed by atoms with E-state index in [1.807, 2.05) is 54.6 Å². The zero-order valence-corrected chi connectivity index (χ0v) is 17.0. The van der Waals surface area contributed by atoms with Crippen molar-refractivity contribution in [2.75, 3.05) is 18.1 Å². The van der Waals surface area contributed by atoms with Crippen LogP contribution in [0, 0.1) is 0 Å². The summed E-state index contributed by atoms with van der Waals surface area (Å²) in [6.07, 6.45) is 0.282. The number of hydrogen-bond acceptors (Lipinski definition) is 3. The number of nitrogens with zero attached hydrogens (tertiary/aromatic N) is 1. The van der Waals surface area contributed by atoms with Crippen molar-refractivity contribution < 1.29 is 14.3 Å². The minimum atomic E-state index is -0.362. The Morgan fingerprint density at radius 2 is 1.70 bits per heavy atom. The van der Waals surface area contributed by atoms with Gasteiger partial charge in [-0.15, -0.1) is 0 Å². The highest BCUT2D eigenvalue weighted by Gasteiger charge is 2.24. The van der Waals surface area contributed by atoms with E-state index in [9.17, 15) is 9.59 Å². The second kappa shape index (κ2) is 9.01. The molecule has 4 rings (SSSR count). The van der Waals surface area contributed by atoms with Crippen molar-refractivity contribution in [3.05, 3.63) is 101 Å². The molecule has 2 amide bonds. The highest BCUT2D eigenvalue weighted by Crippen LogP contribution is 2.22. The number of hydrogen-bond donors (Lipinski definition) is 1. The van der Waals surface area contributed by atoms with E-state index >= 15 is 0 Å². The van der Waals surface area contributed by atoms with Crippen LogP contribution in [0.4, 0.5) is 10.5 Å². The zero-order valence-electron chi connectivity index (χ0n) is 16.3. The Morgan fingerprint density at radius 1 is 1.00 bits per heavy atom. The molecule has 3 aromatic carbocycles. The molecule has 0 aromatic heterocycles. The first kappa shape index (κ1) is 20.0. The molecule has 1 aliphatic heterocycles. The van der Waals surface area contributed by atoms with Gasteiger partial charge in [-0.1, -0.05) is 54.1 Å². The summed E-state index contributed by atoms with van der Waals surface area (Å²) in [5.41, 5.74) is 3.35. The Kier molecular flexibility index (Phi) is 6.00. The second-order valence-electron chi connectivity index (χ2n) is 7.08. The van der Waals surface area contributed by atoms with Crippen molar-refractivity contribution in [2.24, 2.45) is 0 Å². The van der Waals surface area contributed by atoms with Gasteiger partial charge in [0.25, 0.3) is 5.91 Å². The molecule has 5 nitrogen and oxygen atoms in total. The molecule has 0 saturated carbocycles. The summed E-state index contributed by atoms with van der Waals surface area (Å²) < 4.78 is 4.96. The summed E-state index contributed by atoms with van der Waals surface area (Å²) in [5.74, 6) is -0.173. The van der Waals surface area contributed by atoms with Gasteiger partial charge in [0.15, 0.2) is 0 Å².